The standard InChI is InChI=1S/C33H36ClFN4O8S2/c1-33(2)12-20(37-19-5-3-4-18(11-19)29-27(34)28(47-15-25(40)41)30(48-29)32(43)44)8-9-39(33)49(45,46)16-17-6-7-23(35)24(10-17)38-31(42)26-21-13-36-14-22(21)26/h3-7,10-11,20-22,26,36-37H,8-9,12-16H2,1-2H3,(H,38,42)(H,40,41)(H,43,44)/t20-,21-,22+,26?/m0/s1. The summed E-state index contributed by atoms with van der Waals surface area (Å²) in [5, 5.41) is 28.0. The van der Waals surface area contributed by atoms with Crippen LogP contribution >= 0.6 is 22.9 Å². The molecule has 1 amide bonds. The number of benzene rings is 2. The van der Waals surface area contributed by atoms with E-state index in [1.54, 1.807) is 18.2 Å². The number of ether oxygens (including phenoxy) is 1. The highest BCUT2D eigenvalue weighted by Gasteiger charge is 2.57. The lowest BCUT2D eigenvalue weighted by Crippen LogP contribution is -2.55. The molecule has 1 unspecified atom stereocenters. The monoisotopic (exact) mass is 734 g/mol. The number of aliphatic carboxylic acids is 1. The van der Waals surface area contributed by atoms with E-state index in [2.05, 4.69) is 16.0 Å². The van der Waals surface area contributed by atoms with Crippen LogP contribution in [-0.2, 0) is 25.4 Å². The molecule has 2 aromatic carbocycles. The molecule has 262 valence electrons. The first-order valence-corrected chi connectivity index (χ1v) is 18.5. The van der Waals surface area contributed by atoms with Gasteiger partial charge in [-0.2, -0.15) is 4.31 Å². The molecule has 0 spiro atoms. The van der Waals surface area contributed by atoms with E-state index in [0.29, 0.717) is 34.5 Å². The molecule has 2 saturated heterocycles. The summed E-state index contributed by atoms with van der Waals surface area (Å²) in [6, 6.07) is 11.0. The maximum atomic E-state index is 14.6. The van der Waals surface area contributed by atoms with Crippen molar-refractivity contribution in [3.05, 3.63) is 63.7 Å². The van der Waals surface area contributed by atoms with Crippen LogP contribution in [0.1, 0.15) is 41.9 Å². The van der Waals surface area contributed by atoms with E-state index in [4.69, 9.17) is 21.4 Å². The fourth-order valence-electron chi connectivity index (χ4n) is 7.06. The smallest absolute Gasteiger partial charge is 0.349 e. The number of hydrogen-bond acceptors (Lipinski definition) is 9. The second kappa shape index (κ2) is 13.5. The number of nitrogens with zero attached hydrogens (tertiary/aromatic N) is 1. The number of sulfonamides is 1. The van der Waals surface area contributed by atoms with Gasteiger partial charge >= 0.3 is 11.9 Å². The van der Waals surface area contributed by atoms with Crippen LogP contribution < -0.4 is 20.7 Å². The predicted molar refractivity (Wildman–Crippen MR) is 183 cm³/mol. The number of fused-ring (bicyclic) bond motifs is 1. The van der Waals surface area contributed by atoms with E-state index in [0.717, 1.165) is 24.4 Å². The van der Waals surface area contributed by atoms with Gasteiger partial charge in [0.25, 0.3) is 0 Å². The Morgan fingerprint density at radius 3 is 2.55 bits per heavy atom. The molecule has 4 atom stereocenters. The minimum absolute atomic E-state index is 0.00104. The first kappa shape index (κ1) is 35.1. The number of halogens is 2. The number of carbonyl (C=O) groups excluding carboxylic acids is 1. The van der Waals surface area contributed by atoms with Crippen molar-refractivity contribution in [1.29, 1.82) is 0 Å². The van der Waals surface area contributed by atoms with Crippen LogP contribution in [0.2, 0.25) is 5.02 Å². The third-order valence-electron chi connectivity index (χ3n) is 9.31. The zero-order valence-electron chi connectivity index (χ0n) is 26.7. The molecule has 1 aromatic heterocycles. The van der Waals surface area contributed by atoms with Crippen molar-refractivity contribution < 1.29 is 42.1 Å². The summed E-state index contributed by atoms with van der Waals surface area (Å²) in [6.45, 7) is 4.73. The highest BCUT2D eigenvalue weighted by molar-refractivity contribution is 7.88. The summed E-state index contributed by atoms with van der Waals surface area (Å²) in [4.78, 5) is 35.7. The van der Waals surface area contributed by atoms with E-state index in [9.17, 15) is 32.3 Å². The van der Waals surface area contributed by atoms with Crippen molar-refractivity contribution in [2.24, 2.45) is 17.8 Å². The van der Waals surface area contributed by atoms with Gasteiger partial charge in [-0.3, -0.25) is 4.79 Å². The number of amides is 1. The van der Waals surface area contributed by atoms with Crippen LogP contribution in [0.15, 0.2) is 42.5 Å². The van der Waals surface area contributed by atoms with Gasteiger partial charge in [0.1, 0.15) is 10.8 Å². The average molecular weight is 735 g/mol. The third-order valence-corrected chi connectivity index (χ3v) is 13.0. The number of carboxylic acid groups (broad SMARTS) is 2. The average Bonchev–Trinajstić information content (AvgIpc) is 3.31. The molecule has 2 aliphatic heterocycles. The summed E-state index contributed by atoms with van der Waals surface area (Å²) >= 11 is 7.34. The van der Waals surface area contributed by atoms with Gasteiger partial charge in [-0.25, -0.2) is 22.4 Å². The van der Waals surface area contributed by atoms with Crippen molar-refractivity contribution in [3.63, 3.8) is 0 Å². The first-order chi connectivity index (χ1) is 23.1. The van der Waals surface area contributed by atoms with Gasteiger partial charge in [0.05, 0.1) is 16.3 Å². The highest BCUT2D eigenvalue weighted by Crippen LogP contribution is 2.49. The van der Waals surface area contributed by atoms with Crippen LogP contribution in [0, 0.1) is 23.6 Å². The molecule has 1 aliphatic carbocycles. The zero-order valence-corrected chi connectivity index (χ0v) is 29.1. The largest absolute Gasteiger partial charge is 0.479 e. The second-order valence-corrected chi connectivity index (χ2v) is 16.6. The summed E-state index contributed by atoms with van der Waals surface area (Å²) in [7, 11) is -3.83. The van der Waals surface area contributed by atoms with Crippen molar-refractivity contribution in [1.82, 2.24) is 9.62 Å². The van der Waals surface area contributed by atoms with Crippen LogP contribution in [0.5, 0.6) is 5.75 Å². The number of hydrogen-bond donors (Lipinski definition) is 5. The Hall–Kier alpha value is -3.76. The van der Waals surface area contributed by atoms with Crippen molar-refractivity contribution in [3.8, 4) is 16.2 Å². The molecule has 3 heterocycles. The van der Waals surface area contributed by atoms with Crippen LogP contribution in [0.4, 0.5) is 15.8 Å². The first-order valence-electron chi connectivity index (χ1n) is 15.7. The van der Waals surface area contributed by atoms with E-state index >= 15 is 0 Å². The lowest BCUT2D eigenvalue weighted by molar-refractivity contribution is -0.139. The maximum Gasteiger partial charge on any atom is 0.349 e. The predicted octanol–water partition coefficient (Wildman–Crippen LogP) is 4.96. The number of carbonyl (C=O) groups is 3. The van der Waals surface area contributed by atoms with Crippen molar-refractivity contribution in [2.75, 3.05) is 36.9 Å². The summed E-state index contributed by atoms with van der Waals surface area (Å²) in [5.41, 5.74) is 0.879. The molecule has 3 fully saturated rings. The van der Waals surface area contributed by atoms with Crippen molar-refractivity contribution >= 4 is 62.2 Å². The molecular formula is C33H36ClFN4O8S2. The highest BCUT2D eigenvalue weighted by atomic mass is 35.5. The molecule has 16 heteroatoms. The fraction of sp³-hybridized carbons (Fsp3) is 0.424. The number of piperidine rings is 2. The molecule has 3 aromatic rings. The van der Waals surface area contributed by atoms with E-state index in [1.807, 2.05) is 19.9 Å². The third kappa shape index (κ3) is 7.41. The number of rotatable bonds is 12. The Morgan fingerprint density at radius 2 is 1.88 bits per heavy atom. The van der Waals surface area contributed by atoms with Crippen LogP contribution in [0.3, 0.4) is 0 Å². The number of nitrogens with one attached hydrogen (secondary N) is 3. The minimum Gasteiger partial charge on any atom is -0.479 e. The Balaban J connectivity index is 1.11. The Bertz CT molecular complexity index is 1910. The maximum absolute atomic E-state index is 14.6. The molecular weight excluding hydrogens is 699 g/mol. The SMILES string of the molecule is CC1(C)C[C@@H](Nc2cccc(-c3sc(C(=O)O)c(OCC(=O)O)c3Cl)c2)CCN1S(=O)(=O)Cc1ccc(F)c(NC(=O)C2[C@H]3CNC[C@@H]23)c1. The zero-order chi connectivity index (χ0) is 35.2. The number of thiophene rings is 1. The Kier molecular flexibility index (Phi) is 9.67. The lowest BCUT2D eigenvalue weighted by Gasteiger charge is -2.45. The molecule has 5 N–H and O–H groups in total. The van der Waals surface area contributed by atoms with Gasteiger partial charge in [-0.15, -0.1) is 11.3 Å². The lowest BCUT2D eigenvalue weighted by atomic mass is 9.89. The molecule has 0 bridgehead atoms. The van der Waals surface area contributed by atoms with Gasteiger partial charge in [0.2, 0.25) is 15.9 Å². The van der Waals surface area contributed by atoms with E-state index in [1.165, 1.54) is 22.5 Å². The Labute approximate surface area is 291 Å². The molecule has 12 nitrogen and oxygen atoms in total. The van der Waals surface area contributed by atoms with E-state index < -0.39 is 39.9 Å². The van der Waals surface area contributed by atoms with Crippen molar-refractivity contribution in [2.45, 2.75) is 44.0 Å². The normalized spacial score (nSPS) is 23.0. The number of anilines is 2. The van der Waals surface area contributed by atoms with Gasteiger partial charge in [0.15, 0.2) is 17.2 Å². The second-order valence-electron chi connectivity index (χ2n) is 13.3. The van der Waals surface area contributed by atoms with Gasteiger partial charge < -0.3 is 30.9 Å². The van der Waals surface area contributed by atoms with Crippen LogP contribution in [0.25, 0.3) is 10.4 Å². The summed E-state index contributed by atoms with van der Waals surface area (Å²) in [6.07, 6.45) is 0.960. The quantitative estimate of drug-likeness (QED) is 0.171. The Morgan fingerprint density at radius 1 is 1.14 bits per heavy atom. The summed E-state index contributed by atoms with van der Waals surface area (Å²) in [5.74, 6) is -3.60. The topological polar surface area (TPSA) is 174 Å². The van der Waals surface area contributed by atoms with Crippen LogP contribution in [-0.4, -0.2) is 78.6 Å². The fourth-order valence-corrected chi connectivity index (χ4v) is 10.4. The number of aromatic carboxylic acids is 1. The molecule has 0 radical (unpaired) electrons. The molecule has 1 saturated carbocycles. The molecule has 3 aliphatic rings. The summed E-state index contributed by atoms with van der Waals surface area (Å²) < 4.78 is 48.7. The molecule has 6 rings (SSSR count). The van der Waals surface area contributed by atoms with E-state index in [-0.39, 0.29) is 63.3 Å². The molecule has 49 heavy (non-hydrogen) atoms. The number of carboxylic acids is 2. The van der Waals surface area contributed by atoms with Gasteiger partial charge in [-0.05, 0) is 87.0 Å². The minimum atomic E-state index is -3.83. The van der Waals surface area contributed by atoms with Gasteiger partial charge in [-0.1, -0.05) is 29.8 Å². The van der Waals surface area contributed by atoms with Gasteiger partial charge in [0, 0.05) is 29.7 Å².